The van der Waals surface area contributed by atoms with E-state index in [-0.39, 0.29) is 60.9 Å². The van der Waals surface area contributed by atoms with Crippen molar-refractivity contribution in [1.82, 2.24) is 9.62 Å². The molecule has 5 N–H and O–H groups in total. The normalized spacial score (nSPS) is 18.1. The lowest BCUT2D eigenvalue weighted by molar-refractivity contribution is -0.139. The Hall–Kier alpha value is -3.43. The molecule has 246 valence electrons. The number of amides is 1. The standard InChI is InChI=1S/C31H33ClF2N4O6S2/c1-31(2)11-18(8-9-38(31)45-15-16-6-7-20(33)22(10-16)37-29(41)17-12-35-13-17)36-21-5-3-4-19(25(21)34)27-24(32)26(44-14-23(39)40)28(46-27)30(42)43/h3-7,10,17-18,35-36H,8-9,11-15H2,1-2H3,(H,37,41)(H,39,40)(H,42,43). The number of carbonyl (C=O) groups excluding carboxylic acids is 1. The summed E-state index contributed by atoms with van der Waals surface area (Å²) in [6.07, 6.45) is 1.39. The summed E-state index contributed by atoms with van der Waals surface area (Å²) in [5.74, 6) is -3.86. The highest BCUT2D eigenvalue weighted by Gasteiger charge is 2.36. The fraction of sp³-hybridized carbons (Fsp3) is 0.387. The zero-order chi connectivity index (χ0) is 33.2. The molecule has 3 aromatic rings. The van der Waals surface area contributed by atoms with Crippen LogP contribution >= 0.6 is 34.9 Å². The molecule has 3 heterocycles. The third kappa shape index (κ3) is 7.58. The molecule has 46 heavy (non-hydrogen) atoms. The molecule has 0 spiro atoms. The van der Waals surface area contributed by atoms with Crippen LogP contribution in [-0.2, 0) is 15.3 Å². The SMILES string of the molecule is CC1(C)CC(Nc2cccc(-c3sc(C(=O)O)c(OCC(=O)O)c3Cl)c2F)CCN1SCc1ccc(F)c(NC(=O)C2CNC2)c1. The highest BCUT2D eigenvalue weighted by atomic mass is 35.5. The molecule has 0 aliphatic carbocycles. The topological polar surface area (TPSA) is 140 Å². The summed E-state index contributed by atoms with van der Waals surface area (Å²) in [6.45, 7) is 5.27. The molecule has 0 radical (unpaired) electrons. The van der Waals surface area contributed by atoms with Crippen LogP contribution in [0.2, 0.25) is 5.02 Å². The number of nitrogens with one attached hydrogen (secondary N) is 3. The van der Waals surface area contributed by atoms with Crippen LogP contribution in [0.5, 0.6) is 5.75 Å². The van der Waals surface area contributed by atoms with Gasteiger partial charge in [0.15, 0.2) is 23.1 Å². The number of aliphatic carboxylic acids is 1. The van der Waals surface area contributed by atoms with Crippen molar-refractivity contribution >= 4 is 64.1 Å². The maximum atomic E-state index is 15.9. The summed E-state index contributed by atoms with van der Waals surface area (Å²) in [7, 11) is 0. The smallest absolute Gasteiger partial charge is 0.349 e. The molecule has 2 aliphatic heterocycles. The molecular weight excluding hydrogens is 662 g/mol. The Morgan fingerprint density at radius 1 is 1.17 bits per heavy atom. The van der Waals surface area contributed by atoms with Gasteiger partial charge in [-0.1, -0.05) is 41.7 Å². The minimum Gasteiger partial charge on any atom is -0.479 e. The van der Waals surface area contributed by atoms with E-state index in [1.54, 1.807) is 36.2 Å². The molecule has 1 amide bonds. The van der Waals surface area contributed by atoms with Gasteiger partial charge in [-0.15, -0.1) is 11.3 Å². The first-order valence-electron chi connectivity index (χ1n) is 14.5. The maximum absolute atomic E-state index is 15.9. The van der Waals surface area contributed by atoms with Gasteiger partial charge in [0.25, 0.3) is 0 Å². The predicted molar refractivity (Wildman–Crippen MR) is 175 cm³/mol. The minimum absolute atomic E-state index is 0.0686. The maximum Gasteiger partial charge on any atom is 0.349 e. The Morgan fingerprint density at radius 2 is 1.93 bits per heavy atom. The number of anilines is 2. The minimum atomic E-state index is -1.37. The number of piperidine rings is 1. The molecule has 2 fully saturated rings. The number of ether oxygens (including phenoxy) is 1. The van der Waals surface area contributed by atoms with Gasteiger partial charge in [0.1, 0.15) is 10.8 Å². The fourth-order valence-electron chi connectivity index (χ4n) is 5.38. The number of nitrogens with zero attached hydrogens (tertiary/aromatic N) is 1. The lowest BCUT2D eigenvalue weighted by Gasteiger charge is -2.45. The first-order chi connectivity index (χ1) is 21.8. The Bertz CT molecular complexity index is 1650. The number of benzene rings is 2. The summed E-state index contributed by atoms with van der Waals surface area (Å²) >= 11 is 8.71. The monoisotopic (exact) mass is 694 g/mol. The van der Waals surface area contributed by atoms with Crippen LogP contribution in [-0.4, -0.2) is 70.2 Å². The summed E-state index contributed by atoms with van der Waals surface area (Å²) in [5.41, 5.74) is 1.06. The average Bonchev–Trinajstić information content (AvgIpc) is 3.28. The van der Waals surface area contributed by atoms with E-state index < -0.39 is 30.2 Å². The number of thiophene rings is 1. The van der Waals surface area contributed by atoms with E-state index in [0.29, 0.717) is 49.6 Å². The van der Waals surface area contributed by atoms with Crippen molar-refractivity contribution < 1.29 is 38.1 Å². The van der Waals surface area contributed by atoms with Gasteiger partial charge in [0.2, 0.25) is 5.91 Å². The molecule has 0 saturated carbocycles. The van der Waals surface area contributed by atoms with E-state index in [2.05, 4.69) is 34.1 Å². The van der Waals surface area contributed by atoms with Crippen molar-refractivity contribution in [2.75, 3.05) is 36.9 Å². The third-order valence-corrected chi connectivity index (χ3v) is 11.0. The molecule has 0 bridgehead atoms. The van der Waals surface area contributed by atoms with Crippen molar-refractivity contribution in [2.24, 2.45) is 5.92 Å². The van der Waals surface area contributed by atoms with E-state index >= 15 is 4.39 Å². The van der Waals surface area contributed by atoms with Crippen molar-refractivity contribution in [3.8, 4) is 16.2 Å². The molecule has 1 atom stereocenters. The largest absolute Gasteiger partial charge is 0.479 e. The lowest BCUT2D eigenvalue weighted by atomic mass is 9.89. The first-order valence-corrected chi connectivity index (χ1v) is 16.6. The van der Waals surface area contributed by atoms with Gasteiger partial charge in [-0.3, -0.25) is 4.79 Å². The van der Waals surface area contributed by atoms with Gasteiger partial charge in [-0.25, -0.2) is 22.7 Å². The van der Waals surface area contributed by atoms with Crippen LogP contribution in [0.15, 0.2) is 36.4 Å². The van der Waals surface area contributed by atoms with Crippen LogP contribution in [0.3, 0.4) is 0 Å². The van der Waals surface area contributed by atoms with Crippen LogP contribution in [0.1, 0.15) is 41.9 Å². The lowest BCUT2D eigenvalue weighted by Crippen LogP contribution is -2.49. The molecule has 1 unspecified atom stereocenters. The number of carboxylic acids is 2. The van der Waals surface area contributed by atoms with Crippen molar-refractivity contribution in [2.45, 2.75) is 44.0 Å². The Kier molecular flexibility index (Phi) is 10.4. The predicted octanol–water partition coefficient (Wildman–Crippen LogP) is 6.17. The Morgan fingerprint density at radius 3 is 2.59 bits per heavy atom. The quantitative estimate of drug-likeness (QED) is 0.140. The summed E-state index contributed by atoms with van der Waals surface area (Å²) in [5, 5.41) is 27.4. The molecule has 2 aliphatic rings. The summed E-state index contributed by atoms with van der Waals surface area (Å²) in [6, 6.07) is 9.38. The highest BCUT2D eigenvalue weighted by Crippen LogP contribution is 2.47. The number of hydrogen-bond acceptors (Lipinski definition) is 9. The molecule has 15 heteroatoms. The van der Waals surface area contributed by atoms with Crippen molar-refractivity contribution in [3.05, 3.63) is 63.5 Å². The average molecular weight is 695 g/mol. The van der Waals surface area contributed by atoms with Crippen LogP contribution in [0.4, 0.5) is 20.2 Å². The van der Waals surface area contributed by atoms with Crippen molar-refractivity contribution in [3.63, 3.8) is 0 Å². The second-order valence-corrected chi connectivity index (χ2v) is 14.1. The molecular formula is C31H33ClF2N4O6S2. The van der Waals surface area contributed by atoms with E-state index in [1.165, 1.54) is 12.1 Å². The van der Waals surface area contributed by atoms with Crippen LogP contribution < -0.4 is 20.7 Å². The third-order valence-electron chi connectivity index (χ3n) is 7.88. The number of carboxylic acid groups (broad SMARTS) is 2. The van der Waals surface area contributed by atoms with Gasteiger partial charge in [0, 0.05) is 42.5 Å². The second-order valence-electron chi connectivity index (χ2n) is 11.7. The van der Waals surface area contributed by atoms with Gasteiger partial charge in [-0.2, -0.15) is 0 Å². The number of halogens is 3. The molecule has 2 aromatic carbocycles. The molecule has 2 saturated heterocycles. The number of aromatic carboxylic acids is 1. The van der Waals surface area contributed by atoms with E-state index in [4.69, 9.17) is 21.4 Å². The molecule has 10 nitrogen and oxygen atoms in total. The highest BCUT2D eigenvalue weighted by molar-refractivity contribution is 7.96. The molecule has 1 aromatic heterocycles. The van der Waals surface area contributed by atoms with E-state index in [1.807, 2.05) is 0 Å². The summed E-state index contributed by atoms with van der Waals surface area (Å²) < 4.78 is 37.7. The van der Waals surface area contributed by atoms with E-state index in [0.717, 1.165) is 5.56 Å². The fourth-order valence-corrected chi connectivity index (χ4v) is 7.94. The van der Waals surface area contributed by atoms with Gasteiger partial charge < -0.3 is 30.9 Å². The van der Waals surface area contributed by atoms with Gasteiger partial charge in [0.05, 0.1) is 22.2 Å². The zero-order valence-corrected chi connectivity index (χ0v) is 27.4. The van der Waals surface area contributed by atoms with Crippen LogP contribution in [0.25, 0.3) is 10.4 Å². The van der Waals surface area contributed by atoms with Crippen molar-refractivity contribution in [1.29, 1.82) is 0 Å². The van der Waals surface area contributed by atoms with Gasteiger partial charge in [-0.05, 0) is 50.5 Å². The number of carbonyl (C=O) groups is 3. The second kappa shape index (κ2) is 14.1. The zero-order valence-electron chi connectivity index (χ0n) is 25.0. The van der Waals surface area contributed by atoms with Crippen LogP contribution in [0, 0.1) is 17.6 Å². The Labute approximate surface area is 277 Å². The molecule has 5 rings (SSSR count). The van der Waals surface area contributed by atoms with E-state index in [9.17, 15) is 23.9 Å². The first kappa shape index (κ1) is 33.9. The summed E-state index contributed by atoms with van der Waals surface area (Å²) in [4.78, 5) is 34.9. The Balaban J connectivity index is 1.24. The number of rotatable bonds is 12. The van der Waals surface area contributed by atoms with Gasteiger partial charge >= 0.3 is 11.9 Å². The number of hydrogen-bond donors (Lipinski definition) is 5.